The molecule has 1 heterocycles. The Kier molecular flexibility index (Phi) is 4.25. The topological polar surface area (TPSA) is 48.7 Å². The molecule has 1 N–H and O–H groups in total. The summed E-state index contributed by atoms with van der Waals surface area (Å²) in [6.07, 6.45) is 0. The molecule has 19 heavy (non-hydrogen) atoms. The van der Waals surface area contributed by atoms with Crippen LogP contribution in [0.3, 0.4) is 0 Å². The van der Waals surface area contributed by atoms with Crippen molar-refractivity contribution in [3.63, 3.8) is 0 Å². The third-order valence-corrected chi connectivity index (χ3v) is 4.19. The Balaban J connectivity index is 2.26. The molecule has 0 fully saturated rings. The minimum Gasteiger partial charge on any atom is -0.297 e. The molecule has 0 spiro atoms. The summed E-state index contributed by atoms with van der Waals surface area (Å²) in [5, 5.41) is 12.6. The summed E-state index contributed by atoms with van der Waals surface area (Å²) in [7, 11) is 0. The van der Waals surface area contributed by atoms with Gasteiger partial charge < -0.3 is 0 Å². The minimum atomic E-state index is -0.249. The minimum absolute atomic E-state index is 0.0892. The van der Waals surface area contributed by atoms with Crippen LogP contribution in [0.25, 0.3) is 10.6 Å². The number of halogens is 1. The highest BCUT2D eigenvalue weighted by atomic mass is 32.1. The second-order valence-corrected chi connectivity index (χ2v) is 5.27. The number of rotatable bonds is 4. The van der Waals surface area contributed by atoms with E-state index >= 15 is 0 Å². The molecule has 0 aliphatic rings. The van der Waals surface area contributed by atoms with Crippen molar-refractivity contribution in [2.75, 3.05) is 6.54 Å². The van der Waals surface area contributed by atoms with Crippen LogP contribution in [-0.2, 0) is 0 Å². The van der Waals surface area contributed by atoms with Gasteiger partial charge in [-0.1, -0.05) is 0 Å². The first-order chi connectivity index (χ1) is 9.11. The zero-order valence-corrected chi connectivity index (χ0v) is 11.6. The molecule has 0 aliphatic carbocycles. The number of aryl methyl sites for hydroxylation is 1. The average molecular weight is 275 g/mol. The van der Waals surface area contributed by atoms with Gasteiger partial charge in [-0.15, -0.1) is 11.3 Å². The summed E-state index contributed by atoms with van der Waals surface area (Å²) in [5.74, 6) is -0.249. The van der Waals surface area contributed by atoms with Gasteiger partial charge in [0.1, 0.15) is 10.8 Å². The van der Waals surface area contributed by atoms with Gasteiger partial charge in [-0.2, -0.15) is 5.26 Å². The second kappa shape index (κ2) is 5.91. The zero-order chi connectivity index (χ0) is 13.8. The van der Waals surface area contributed by atoms with Gasteiger partial charge in [-0.25, -0.2) is 9.37 Å². The quantitative estimate of drug-likeness (QED) is 0.870. The van der Waals surface area contributed by atoms with E-state index in [1.807, 2.05) is 13.8 Å². The van der Waals surface area contributed by atoms with Crippen LogP contribution >= 0.6 is 11.3 Å². The van der Waals surface area contributed by atoms with Crippen LogP contribution < -0.4 is 5.32 Å². The Morgan fingerprint density at radius 1 is 1.42 bits per heavy atom. The normalized spacial score (nSPS) is 12.1. The van der Waals surface area contributed by atoms with Crippen LogP contribution in [0.15, 0.2) is 24.3 Å². The van der Waals surface area contributed by atoms with Gasteiger partial charge in [0.25, 0.3) is 0 Å². The number of thiazole rings is 1. The first-order valence-electron chi connectivity index (χ1n) is 5.95. The van der Waals surface area contributed by atoms with E-state index in [1.54, 1.807) is 23.5 Å². The summed E-state index contributed by atoms with van der Waals surface area (Å²) in [6, 6.07) is 8.47. The Morgan fingerprint density at radius 3 is 2.74 bits per heavy atom. The highest BCUT2D eigenvalue weighted by molar-refractivity contribution is 7.15. The number of hydrogen-bond acceptors (Lipinski definition) is 4. The van der Waals surface area contributed by atoms with E-state index < -0.39 is 0 Å². The molecule has 5 heteroatoms. The van der Waals surface area contributed by atoms with E-state index in [0.29, 0.717) is 6.54 Å². The molecule has 0 saturated carbocycles. The summed E-state index contributed by atoms with van der Waals surface area (Å²) >= 11 is 1.57. The molecule has 0 radical (unpaired) electrons. The lowest BCUT2D eigenvalue weighted by atomic mass is 10.2. The number of nitrogens with zero attached hydrogens (tertiary/aromatic N) is 2. The van der Waals surface area contributed by atoms with Crippen LogP contribution in [0.2, 0.25) is 0 Å². The van der Waals surface area contributed by atoms with Crippen molar-refractivity contribution in [1.82, 2.24) is 10.3 Å². The molecule has 2 aromatic rings. The molecule has 2 rings (SSSR count). The maximum absolute atomic E-state index is 12.9. The van der Waals surface area contributed by atoms with Crippen LogP contribution in [0.4, 0.5) is 4.39 Å². The van der Waals surface area contributed by atoms with E-state index in [4.69, 9.17) is 5.26 Å². The van der Waals surface area contributed by atoms with E-state index in [2.05, 4.69) is 16.4 Å². The maximum atomic E-state index is 12.9. The highest BCUT2D eigenvalue weighted by Crippen LogP contribution is 2.31. The molecule has 0 aliphatic heterocycles. The van der Waals surface area contributed by atoms with Gasteiger partial charge in [0.15, 0.2) is 0 Å². The highest BCUT2D eigenvalue weighted by Gasteiger charge is 2.14. The number of hydrogen-bond donors (Lipinski definition) is 1. The van der Waals surface area contributed by atoms with E-state index in [-0.39, 0.29) is 11.9 Å². The molecule has 1 aromatic carbocycles. The summed E-state index contributed by atoms with van der Waals surface area (Å²) < 4.78 is 12.9. The predicted octanol–water partition coefficient (Wildman–Crippen LogP) is 3.43. The fourth-order valence-electron chi connectivity index (χ4n) is 1.82. The van der Waals surface area contributed by atoms with Gasteiger partial charge in [-0.05, 0) is 38.1 Å². The van der Waals surface area contributed by atoms with E-state index in [0.717, 1.165) is 21.1 Å². The lowest BCUT2D eigenvalue weighted by Gasteiger charge is -2.08. The van der Waals surface area contributed by atoms with Crippen molar-refractivity contribution in [2.45, 2.75) is 19.9 Å². The van der Waals surface area contributed by atoms with Crippen LogP contribution in [-0.4, -0.2) is 11.5 Å². The first kappa shape index (κ1) is 13.7. The Labute approximate surface area is 115 Å². The van der Waals surface area contributed by atoms with Gasteiger partial charge in [0, 0.05) is 16.5 Å². The molecule has 1 unspecified atom stereocenters. The van der Waals surface area contributed by atoms with Crippen LogP contribution in [0.5, 0.6) is 0 Å². The third-order valence-electron chi connectivity index (χ3n) is 2.80. The molecule has 3 nitrogen and oxygen atoms in total. The zero-order valence-electron chi connectivity index (χ0n) is 10.8. The Bertz CT molecular complexity index is 598. The van der Waals surface area contributed by atoms with Crippen molar-refractivity contribution in [2.24, 2.45) is 0 Å². The summed E-state index contributed by atoms with van der Waals surface area (Å²) in [5.41, 5.74) is 1.86. The van der Waals surface area contributed by atoms with Crippen LogP contribution in [0, 0.1) is 24.1 Å². The number of aromatic nitrogens is 1. The second-order valence-electron chi connectivity index (χ2n) is 4.24. The van der Waals surface area contributed by atoms with Crippen molar-refractivity contribution >= 4 is 11.3 Å². The Hall–Kier alpha value is -1.77. The fourth-order valence-corrected chi connectivity index (χ4v) is 2.92. The van der Waals surface area contributed by atoms with E-state index in [1.165, 1.54) is 12.1 Å². The van der Waals surface area contributed by atoms with Crippen molar-refractivity contribution < 1.29 is 4.39 Å². The summed E-state index contributed by atoms with van der Waals surface area (Å²) in [4.78, 5) is 5.62. The van der Waals surface area contributed by atoms with E-state index in [9.17, 15) is 4.39 Å². The average Bonchev–Trinajstić information content (AvgIpc) is 2.79. The fraction of sp³-hybridized carbons (Fsp3) is 0.286. The Morgan fingerprint density at radius 2 is 2.11 bits per heavy atom. The smallest absolute Gasteiger partial charge is 0.123 e. The standard InChI is InChI=1S/C14H14FN3S/c1-9(17-8-7-16)13-10(2)18-14(19-13)11-3-5-12(15)6-4-11/h3-6,9,17H,8H2,1-2H3. The lowest BCUT2D eigenvalue weighted by molar-refractivity contribution is 0.626. The predicted molar refractivity (Wildman–Crippen MR) is 74.3 cm³/mol. The van der Waals surface area contributed by atoms with Crippen LogP contribution in [0.1, 0.15) is 23.5 Å². The lowest BCUT2D eigenvalue weighted by Crippen LogP contribution is -2.18. The van der Waals surface area contributed by atoms with Gasteiger partial charge in [-0.3, -0.25) is 5.32 Å². The molecule has 1 aromatic heterocycles. The maximum Gasteiger partial charge on any atom is 0.123 e. The number of nitriles is 1. The third kappa shape index (κ3) is 3.16. The molecular weight excluding hydrogens is 261 g/mol. The first-order valence-corrected chi connectivity index (χ1v) is 6.77. The SMILES string of the molecule is Cc1nc(-c2ccc(F)cc2)sc1C(C)NCC#N. The van der Waals surface area contributed by atoms with Gasteiger partial charge in [0.05, 0.1) is 18.3 Å². The number of nitrogens with one attached hydrogen (secondary N) is 1. The molecule has 98 valence electrons. The molecule has 1 atom stereocenters. The van der Waals surface area contributed by atoms with Gasteiger partial charge >= 0.3 is 0 Å². The van der Waals surface area contributed by atoms with Crippen molar-refractivity contribution in [1.29, 1.82) is 5.26 Å². The number of benzene rings is 1. The molecule has 0 bridgehead atoms. The van der Waals surface area contributed by atoms with Gasteiger partial charge in [0.2, 0.25) is 0 Å². The van der Waals surface area contributed by atoms with Crippen molar-refractivity contribution in [3.05, 3.63) is 40.7 Å². The molecule has 0 saturated heterocycles. The van der Waals surface area contributed by atoms with Crippen molar-refractivity contribution in [3.8, 4) is 16.6 Å². The largest absolute Gasteiger partial charge is 0.297 e. The summed E-state index contributed by atoms with van der Waals surface area (Å²) in [6.45, 7) is 4.26. The molecular formula is C14H14FN3S. The monoisotopic (exact) mass is 275 g/mol. The molecule has 0 amide bonds.